The zero-order valence-corrected chi connectivity index (χ0v) is 17.0. The zero-order valence-electron chi connectivity index (χ0n) is 16.0. The molecule has 2 heterocycles. The maximum atomic E-state index is 12.5. The molecule has 0 aromatic carbocycles. The number of rotatable bonds is 3. The predicted molar refractivity (Wildman–Crippen MR) is 93.2 cm³/mol. The van der Waals surface area contributed by atoms with Crippen LogP contribution in [0.5, 0.6) is 0 Å². The molecule has 6 heteroatoms. The molecule has 0 saturated carbocycles. The van der Waals surface area contributed by atoms with Crippen molar-refractivity contribution >= 4 is 14.4 Å². The summed E-state index contributed by atoms with van der Waals surface area (Å²) in [5.74, 6) is 0. The van der Waals surface area contributed by atoms with Crippen LogP contribution in [-0.4, -0.2) is 56.3 Å². The lowest BCUT2D eigenvalue weighted by atomic mass is 10.1. The van der Waals surface area contributed by atoms with Crippen molar-refractivity contribution in [1.82, 2.24) is 4.90 Å². The molecule has 5 nitrogen and oxygen atoms in total. The van der Waals surface area contributed by atoms with Crippen molar-refractivity contribution in [2.75, 3.05) is 19.8 Å². The van der Waals surface area contributed by atoms with Gasteiger partial charge in [-0.2, -0.15) is 0 Å². The molecule has 0 aromatic heterocycles. The molecule has 23 heavy (non-hydrogen) atoms. The molecule has 2 aliphatic heterocycles. The molecule has 1 amide bonds. The third-order valence-corrected chi connectivity index (χ3v) is 9.63. The normalized spacial score (nSPS) is 28.3. The maximum Gasteiger partial charge on any atom is 0.410 e. The first-order chi connectivity index (χ1) is 10.2. The van der Waals surface area contributed by atoms with Gasteiger partial charge in [0.25, 0.3) is 0 Å². The van der Waals surface area contributed by atoms with Gasteiger partial charge >= 0.3 is 6.09 Å². The molecule has 2 saturated heterocycles. The molecule has 2 aliphatic rings. The van der Waals surface area contributed by atoms with Gasteiger partial charge in [0, 0.05) is 6.42 Å². The second-order valence-electron chi connectivity index (χ2n) is 9.51. The second kappa shape index (κ2) is 5.74. The van der Waals surface area contributed by atoms with E-state index in [1.165, 1.54) is 0 Å². The van der Waals surface area contributed by atoms with Crippen molar-refractivity contribution in [3.05, 3.63) is 0 Å². The van der Waals surface area contributed by atoms with Crippen LogP contribution in [0.15, 0.2) is 0 Å². The van der Waals surface area contributed by atoms with Crippen molar-refractivity contribution in [3.63, 3.8) is 0 Å². The average Bonchev–Trinajstić information content (AvgIpc) is 2.96. The van der Waals surface area contributed by atoms with Gasteiger partial charge in [0.05, 0.1) is 25.8 Å². The van der Waals surface area contributed by atoms with Gasteiger partial charge in [-0.25, -0.2) is 4.79 Å². The smallest absolute Gasteiger partial charge is 0.410 e. The summed E-state index contributed by atoms with van der Waals surface area (Å²) in [5.41, 5.74) is -0.625. The number of carbonyl (C=O) groups is 1. The van der Waals surface area contributed by atoms with Crippen LogP contribution in [0.2, 0.25) is 18.1 Å². The molecule has 0 aromatic rings. The van der Waals surface area contributed by atoms with Gasteiger partial charge in [-0.15, -0.1) is 0 Å². The first-order valence-electron chi connectivity index (χ1n) is 8.52. The van der Waals surface area contributed by atoms with Gasteiger partial charge in [0.15, 0.2) is 8.32 Å². The summed E-state index contributed by atoms with van der Waals surface area (Å²) in [7, 11) is -1.83. The zero-order chi connectivity index (χ0) is 17.7. The van der Waals surface area contributed by atoms with E-state index in [0.717, 1.165) is 13.0 Å². The minimum atomic E-state index is -1.83. The Morgan fingerprint density at radius 3 is 2.26 bits per heavy atom. The van der Waals surface area contributed by atoms with Crippen molar-refractivity contribution in [2.24, 2.45) is 0 Å². The monoisotopic (exact) mass is 343 g/mol. The lowest BCUT2D eigenvalue weighted by Crippen LogP contribution is -2.46. The standard InChI is InChI=1S/C17H33NO4Si/c1-15(2,3)22-14(19)18-11-17(12-20-17)9-13(18)10-21-23(7,8)16(4,5)6/h13H,9-12H2,1-8H3/t13-,17?/m0/s1. The molecule has 1 spiro atoms. The first kappa shape index (κ1) is 18.7. The number of nitrogens with zero attached hydrogens (tertiary/aromatic N) is 1. The van der Waals surface area contributed by atoms with Gasteiger partial charge in [-0.05, 0) is 38.9 Å². The van der Waals surface area contributed by atoms with Gasteiger partial charge in [0.2, 0.25) is 0 Å². The van der Waals surface area contributed by atoms with Crippen molar-refractivity contribution in [2.45, 2.75) is 83.3 Å². The third kappa shape index (κ3) is 4.48. The number of carbonyl (C=O) groups excluding carboxylic acids is 1. The number of epoxide rings is 1. The van der Waals surface area contributed by atoms with Gasteiger partial charge < -0.3 is 13.9 Å². The van der Waals surface area contributed by atoms with Gasteiger partial charge in [-0.1, -0.05) is 20.8 Å². The molecule has 2 atom stereocenters. The number of hydrogen-bond acceptors (Lipinski definition) is 4. The summed E-state index contributed by atoms with van der Waals surface area (Å²) in [6, 6.07) is 0.0430. The van der Waals surface area contributed by atoms with Crippen LogP contribution in [0.3, 0.4) is 0 Å². The van der Waals surface area contributed by atoms with Gasteiger partial charge in [-0.3, -0.25) is 4.90 Å². The van der Waals surface area contributed by atoms with Crippen molar-refractivity contribution in [3.8, 4) is 0 Å². The number of ether oxygens (including phenoxy) is 2. The number of hydrogen-bond donors (Lipinski definition) is 0. The fourth-order valence-electron chi connectivity index (χ4n) is 2.56. The second-order valence-corrected chi connectivity index (χ2v) is 14.3. The topological polar surface area (TPSA) is 51.3 Å². The van der Waals surface area contributed by atoms with E-state index in [2.05, 4.69) is 33.9 Å². The molecule has 0 N–H and O–H groups in total. The highest BCUT2D eigenvalue weighted by Gasteiger charge is 2.56. The van der Waals surface area contributed by atoms with E-state index in [1.807, 2.05) is 25.7 Å². The summed E-state index contributed by atoms with van der Waals surface area (Å²) in [5, 5.41) is 0.163. The van der Waals surface area contributed by atoms with Crippen LogP contribution in [0.25, 0.3) is 0 Å². The van der Waals surface area contributed by atoms with Crippen LogP contribution in [0, 0.1) is 0 Å². The Morgan fingerprint density at radius 2 is 1.83 bits per heavy atom. The van der Waals surface area contributed by atoms with Crippen molar-refractivity contribution in [1.29, 1.82) is 0 Å². The Morgan fingerprint density at radius 1 is 1.26 bits per heavy atom. The van der Waals surface area contributed by atoms with E-state index in [0.29, 0.717) is 13.2 Å². The SMILES string of the molecule is CC(C)(C)OC(=O)N1CC2(CO2)C[C@H]1CO[Si](C)(C)C(C)(C)C. The highest BCUT2D eigenvalue weighted by molar-refractivity contribution is 6.74. The van der Waals surface area contributed by atoms with Gasteiger partial charge in [0.1, 0.15) is 11.2 Å². The molecule has 2 fully saturated rings. The van der Waals surface area contributed by atoms with E-state index < -0.39 is 13.9 Å². The van der Waals surface area contributed by atoms with Crippen LogP contribution in [-0.2, 0) is 13.9 Å². The average molecular weight is 344 g/mol. The fourth-order valence-corrected chi connectivity index (χ4v) is 3.60. The quantitative estimate of drug-likeness (QED) is 0.578. The largest absolute Gasteiger partial charge is 0.444 e. The van der Waals surface area contributed by atoms with E-state index >= 15 is 0 Å². The number of amides is 1. The summed E-state index contributed by atoms with van der Waals surface area (Å²) < 4.78 is 17.5. The molecular formula is C17H33NO4Si. The first-order valence-corrected chi connectivity index (χ1v) is 11.4. The highest BCUT2D eigenvalue weighted by Crippen LogP contribution is 2.42. The van der Waals surface area contributed by atoms with E-state index in [-0.39, 0.29) is 22.8 Å². The number of likely N-dealkylation sites (tertiary alicyclic amines) is 1. The lowest BCUT2D eigenvalue weighted by Gasteiger charge is -2.38. The van der Waals surface area contributed by atoms with Crippen LogP contribution in [0.1, 0.15) is 48.0 Å². The minimum absolute atomic E-state index is 0.0430. The predicted octanol–water partition coefficient (Wildman–Crippen LogP) is 3.79. The third-order valence-electron chi connectivity index (χ3n) is 5.13. The Labute approximate surface area is 141 Å². The Kier molecular flexibility index (Phi) is 4.68. The molecule has 0 bridgehead atoms. The van der Waals surface area contributed by atoms with Crippen molar-refractivity contribution < 1.29 is 18.7 Å². The van der Waals surface area contributed by atoms with E-state index in [9.17, 15) is 4.79 Å². The van der Waals surface area contributed by atoms with E-state index in [4.69, 9.17) is 13.9 Å². The summed E-state index contributed by atoms with van der Waals surface area (Å²) >= 11 is 0. The molecular weight excluding hydrogens is 310 g/mol. The summed E-state index contributed by atoms with van der Waals surface area (Å²) in [4.78, 5) is 14.3. The van der Waals surface area contributed by atoms with Crippen LogP contribution < -0.4 is 0 Å². The molecule has 0 aliphatic carbocycles. The summed E-state index contributed by atoms with van der Waals surface area (Å²) in [6.45, 7) is 18.8. The summed E-state index contributed by atoms with van der Waals surface area (Å²) in [6.07, 6.45) is 0.592. The van der Waals surface area contributed by atoms with Crippen LogP contribution in [0.4, 0.5) is 4.79 Å². The Bertz CT molecular complexity index is 460. The lowest BCUT2D eigenvalue weighted by molar-refractivity contribution is 0.0175. The minimum Gasteiger partial charge on any atom is -0.444 e. The Balaban J connectivity index is 2.02. The molecule has 2 rings (SSSR count). The molecule has 134 valence electrons. The molecule has 1 unspecified atom stereocenters. The maximum absolute atomic E-state index is 12.5. The fraction of sp³-hybridized carbons (Fsp3) is 0.941. The van der Waals surface area contributed by atoms with E-state index in [1.54, 1.807) is 0 Å². The molecule has 0 radical (unpaired) electrons. The van der Waals surface area contributed by atoms with Crippen LogP contribution >= 0.6 is 0 Å². The Hall–Kier alpha value is -0.593. The highest BCUT2D eigenvalue weighted by atomic mass is 28.4.